The van der Waals surface area contributed by atoms with Crippen LogP contribution in [0.2, 0.25) is 5.02 Å². The highest BCUT2D eigenvalue weighted by molar-refractivity contribution is 6.31. The minimum absolute atomic E-state index is 0.0742. The van der Waals surface area contributed by atoms with Crippen LogP contribution in [0.4, 0.5) is 13.2 Å². The van der Waals surface area contributed by atoms with E-state index in [1.807, 2.05) is 6.92 Å². The lowest BCUT2D eigenvalue weighted by atomic mass is 10.1. The molecule has 1 unspecified atom stereocenters. The van der Waals surface area contributed by atoms with Crippen molar-refractivity contribution in [3.05, 3.63) is 34.9 Å². The molecule has 1 aromatic carbocycles. The molecule has 0 heterocycles. The van der Waals surface area contributed by atoms with Crippen molar-refractivity contribution >= 4 is 11.6 Å². The van der Waals surface area contributed by atoms with Crippen molar-refractivity contribution < 1.29 is 13.2 Å². The third-order valence-electron chi connectivity index (χ3n) is 2.14. The van der Waals surface area contributed by atoms with Crippen molar-refractivity contribution in [3.8, 4) is 0 Å². The van der Waals surface area contributed by atoms with Crippen LogP contribution in [-0.2, 0) is 0 Å². The predicted octanol–water partition coefficient (Wildman–Crippen LogP) is 3.94. The summed E-state index contributed by atoms with van der Waals surface area (Å²) in [5, 5.41) is 2.59. The molecule has 1 N–H and O–H groups in total. The van der Waals surface area contributed by atoms with E-state index in [1.54, 1.807) is 12.1 Å². The van der Waals surface area contributed by atoms with Crippen molar-refractivity contribution in [1.29, 1.82) is 0 Å². The fourth-order valence-electron chi connectivity index (χ4n) is 1.40. The first-order valence-electron chi connectivity index (χ1n) is 5.01. The largest absolute Gasteiger partial charge is 0.407 e. The Morgan fingerprint density at radius 3 is 2.44 bits per heavy atom. The van der Waals surface area contributed by atoms with Crippen LogP contribution in [0.15, 0.2) is 24.3 Å². The van der Waals surface area contributed by atoms with E-state index in [0.717, 1.165) is 0 Å². The average molecular weight is 252 g/mol. The highest BCUT2D eigenvalue weighted by Gasteiger charge is 2.41. The van der Waals surface area contributed by atoms with E-state index in [1.165, 1.54) is 12.1 Å². The molecular formula is C11H13ClF3N. The Labute approximate surface area is 97.6 Å². The van der Waals surface area contributed by atoms with Crippen LogP contribution in [0.5, 0.6) is 0 Å². The minimum atomic E-state index is -4.33. The SMILES string of the molecule is CCCNC(c1ccccc1Cl)C(F)(F)F. The number of rotatable bonds is 4. The summed E-state index contributed by atoms with van der Waals surface area (Å²) in [6.45, 7) is 2.11. The topological polar surface area (TPSA) is 12.0 Å². The Morgan fingerprint density at radius 2 is 1.94 bits per heavy atom. The minimum Gasteiger partial charge on any atom is -0.302 e. The van der Waals surface area contributed by atoms with Gasteiger partial charge in [0.25, 0.3) is 0 Å². The maximum atomic E-state index is 12.8. The van der Waals surface area contributed by atoms with Crippen molar-refractivity contribution in [3.63, 3.8) is 0 Å². The van der Waals surface area contributed by atoms with Gasteiger partial charge in [-0.2, -0.15) is 13.2 Å². The lowest BCUT2D eigenvalue weighted by molar-refractivity contribution is -0.157. The van der Waals surface area contributed by atoms with E-state index in [0.29, 0.717) is 13.0 Å². The number of hydrogen-bond acceptors (Lipinski definition) is 1. The zero-order valence-electron chi connectivity index (χ0n) is 8.81. The highest BCUT2D eigenvalue weighted by Crippen LogP contribution is 2.35. The molecule has 0 aliphatic heterocycles. The van der Waals surface area contributed by atoms with Gasteiger partial charge in [0.2, 0.25) is 0 Å². The highest BCUT2D eigenvalue weighted by atomic mass is 35.5. The molecule has 1 atom stereocenters. The molecule has 0 amide bonds. The Bertz CT molecular complexity index is 338. The van der Waals surface area contributed by atoms with E-state index >= 15 is 0 Å². The van der Waals surface area contributed by atoms with Crippen molar-refractivity contribution in [1.82, 2.24) is 5.32 Å². The Balaban J connectivity index is 2.97. The van der Waals surface area contributed by atoms with Crippen molar-refractivity contribution in [2.45, 2.75) is 25.6 Å². The summed E-state index contributed by atoms with van der Waals surface area (Å²) >= 11 is 5.76. The van der Waals surface area contributed by atoms with Crippen LogP contribution in [-0.4, -0.2) is 12.7 Å². The standard InChI is InChI=1S/C11H13ClF3N/c1-2-7-16-10(11(13,14)15)8-5-3-4-6-9(8)12/h3-6,10,16H,2,7H2,1H3. The van der Waals surface area contributed by atoms with Gasteiger partial charge in [-0.1, -0.05) is 36.7 Å². The molecule has 1 nitrogen and oxygen atoms in total. The fraction of sp³-hybridized carbons (Fsp3) is 0.455. The van der Waals surface area contributed by atoms with E-state index < -0.39 is 12.2 Å². The number of halogens is 4. The van der Waals surface area contributed by atoms with Crippen LogP contribution < -0.4 is 5.32 Å². The molecule has 16 heavy (non-hydrogen) atoms. The van der Waals surface area contributed by atoms with Crippen LogP contribution in [0.25, 0.3) is 0 Å². The molecule has 1 aromatic rings. The fourth-order valence-corrected chi connectivity index (χ4v) is 1.64. The summed E-state index contributed by atoms with van der Waals surface area (Å²) < 4.78 is 38.4. The third-order valence-corrected chi connectivity index (χ3v) is 2.49. The molecule has 0 saturated carbocycles. The van der Waals surface area contributed by atoms with Gasteiger partial charge in [0.05, 0.1) is 0 Å². The van der Waals surface area contributed by atoms with Gasteiger partial charge in [-0.25, -0.2) is 0 Å². The van der Waals surface area contributed by atoms with Gasteiger partial charge in [0.1, 0.15) is 6.04 Å². The molecule has 0 bridgehead atoms. The van der Waals surface area contributed by atoms with Crippen molar-refractivity contribution in [2.24, 2.45) is 0 Å². The second-order valence-corrected chi connectivity index (χ2v) is 3.86. The molecule has 0 saturated heterocycles. The van der Waals surface area contributed by atoms with E-state index in [4.69, 9.17) is 11.6 Å². The summed E-state index contributed by atoms with van der Waals surface area (Å²) in [5.74, 6) is 0. The second-order valence-electron chi connectivity index (χ2n) is 3.45. The molecule has 0 radical (unpaired) electrons. The quantitative estimate of drug-likeness (QED) is 0.855. The smallest absolute Gasteiger partial charge is 0.302 e. The molecule has 0 aliphatic carbocycles. The Morgan fingerprint density at radius 1 is 1.31 bits per heavy atom. The van der Waals surface area contributed by atoms with Gasteiger partial charge >= 0.3 is 6.18 Å². The normalized spacial score (nSPS) is 13.8. The number of alkyl halides is 3. The third kappa shape index (κ3) is 3.39. The molecule has 5 heteroatoms. The predicted molar refractivity (Wildman–Crippen MR) is 58.5 cm³/mol. The molecule has 0 aromatic heterocycles. The molecule has 0 spiro atoms. The van der Waals surface area contributed by atoms with Gasteiger partial charge in [-0.3, -0.25) is 0 Å². The number of nitrogens with one attached hydrogen (secondary N) is 1. The second kappa shape index (κ2) is 5.55. The average Bonchev–Trinajstić information content (AvgIpc) is 2.19. The monoisotopic (exact) mass is 251 g/mol. The zero-order valence-corrected chi connectivity index (χ0v) is 9.57. The molecular weight excluding hydrogens is 239 g/mol. The number of hydrogen-bond donors (Lipinski definition) is 1. The van der Waals surface area contributed by atoms with Crippen LogP contribution in [0.3, 0.4) is 0 Å². The van der Waals surface area contributed by atoms with E-state index in [-0.39, 0.29) is 10.6 Å². The summed E-state index contributed by atoms with van der Waals surface area (Å²) in [7, 11) is 0. The van der Waals surface area contributed by atoms with Gasteiger partial charge < -0.3 is 5.32 Å². The first-order valence-corrected chi connectivity index (χ1v) is 5.39. The van der Waals surface area contributed by atoms with Crippen LogP contribution in [0, 0.1) is 0 Å². The van der Waals surface area contributed by atoms with Gasteiger partial charge in [0, 0.05) is 5.02 Å². The maximum Gasteiger partial charge on any atom is 0.407 e. The first kappa shape index (κ1) is 13.3. The molecule has 0 aliphatic rings. The van der Waals surface area contributed by atoms with Gasteiger partial charge in [-0.05, 0) is 24.6 Å². The maximum absolute atomic E-state index is 12.8. The van der Waals surface area contributed by atoms with Crippen LogP contribution in [0.1, 0.15) is 24.9 Å². The molecule has 90 valence electrons. The first-order chi connectivity index (χ1) is 7.46. The Kier molecular flexibility index (Phi) is 4.62. The lowest BCUT2D eigenvalue weighted by Gasteiger charge is -2.22. The summed E-state index contributed by atoms with van der Waals surface area (Å²) in [6.07, 6.45) is -3.70. The van der Waals surface area contributed by atoms with Crippen molar-refractivity contribution in [2.75, 3.05) is 6.54 Å². The molecule has 1 rings (SSSR count). The summed E-state index contributed by atoms with van der Waals surface area (Å²) in [4.78, 5) is 0. The lowest BCUT2D eigenvalue weighted by Crippen LogP contribution is -2.34. The van der Waals surface area contributed by atoms with Crippen LogP contribution >= 0.6 is 11.6 Å². The number of benzene rings is 1. The van der Waals surface area contributed by atoms with Gasteiger partial charge in [0.15, 0.2) is 0 Å². The van der Waals surface area contributed by atoms with E-state index in [9.17, 15) is 13.2 Å². The summed E-state index contributed by atoms with van der Waals surface area (Å²) in [5.41, 5.74) is 0.0742. The summed E-state index contributed by atoms with van der Waals surface area (Å²) in [6, 6.07) is 4.32. The molecule has 0 fully saturated rings. The Hall–Kier alpha value is -0.740. The zero-order chi connectivity index (χ0) is 12.2. The van der Waals surface area contributed by atoms with Gasteiger partial charge in [-0.15, -0.1) is 0 Å². The van der Waals surface area contributed by atoms with E-state index in [2.05, 4.69) is 5.32 Å².